The summed E-state index contributed by atoms with van der Waals surface area (Å²) in [4.78, 5) is 43.9. The number of hydrogen-bond acceptors (Lipinski definition) is 6. The van der Waals surface area contributed by atoms with Gasteiger partial charge in [0, 0.05) is 49.4 Å². The fraction of sp³-hybridized carbons (Fsp3) is 0.500. The van der Waals surface area contributed by atoms with E-state index >= 15 is 0 Å². The molecule has 4 aliphatic heterocycles. The van der Waals surface area contributed by atoms with Gasteiger partial charge in [-0.25, -0.2) is 18.2 Å². The summed E-state index contributed by atoms with van der Waals surface area (Å²) < 4.78 is 43.6. The summed E-state index contributed by atoms with van der Waals surface area (Å²) in [7, 11) is 0. The highest BCUT2D eigenvalue weighted by Crippen LogP contribution is 2.36. The van der Waals surface area contributed by atoms with E-state index in [9.17, 15) is 22.8 Å². The highest BCUT2D eigenvalue weighted by Gasteiger charge is 2.54. The number of halogens is 3. The van der Waals surface area contributed by atoms with E-state index in [2.05, 4.69) is 27.0 Å². The van der Waals surface area contributed by atoms with Crippen LogP contribution in [0.5, 0.6) is 0 Å². The normalized spacial score (nSPS) is 25.6. The number of nitrogens with zero attached hydrogens (tertiary/aromatic N) is 6. The number of hydrogen-bond donors (Lipinski definition) is 0. The van der Waals surface area contributed by atoms with E-state index in [1.807, 2.05) is 18.7 Å². The molecule has 11 heteroatoms. The maximum Gasteiger partial charge on any atom is 0.258 e. The van der Waals surface area contributed by atoms with Gasteiger partial charge in [-0.05, 0) is 51.2 Å². The van der Waals surface area contributed by atoms with Crippen molar-refractivity contribution in [3.05, 3.63) is 71.6 Å². The van der Waals surface area contributed by atoms with E-state index < -0.39 is 35.6 Å². The van der Waals surface area contributed by atoms with Crippen LogP contribution in [-0.4, -0.2) is 87.1 Å². The van der Waals surface area contributed by atoms with Crippen molar-refractivity contribution >= 4 is 23.6 Å². The van der Waals surface area contributed by atoms with E-state index in [0.29, 0.717) is 25.6 Å². The van der Waals surface area contributed by atoms with E-state index in [-0.39, 0.29) is 53.0 Å². The third-order valence-corrected chi connectivity index (χ3v) is 8.77. The Labute approximate surface area is 250 Å². The molecule has 4 aliphatic rings. The number of aliphatic imine (C=N–C) groups is 2. The summed E-state index contributed by atoms with van der Waals surface area (Å²) >= 11 is 0. The van der Waals surface area contributed by atoms with Crippen LogP contribution in [0.25, 0.3) is 0 Å². The third-order valence-electron chi connectivity index (χ3n) is 8.77. The van der Waals surface area contributed by atoms with Gasteiger partial charge in [-0.2, -0.15) is 0 Å². The van der Waals surface area contributed by atoms with Gasteiger partial charge >= 0.3 is 0 Å². The Morgan fingerprint density at radius 2 is 1.93 bits per heavy atom. The van der Waals surface area contributed by atoms with Crippen LogP contribution in [0.1, 0.15) is 52.5 Å². The molecule has 0 N–H and O–H groups in total. The first-order chi connectivity index (χ1) is 20.4. The third kappa shape index (κ3) is 5.61. The monoisotopic (exact) mass is 596 g/mol. The van der Waals surface area contributed by atoms with Crippen LogP contribution >= 0.6 is 0 Å². The molecule has 0 spiro atoms. The molecule has 2 fully saturated rings. The second-order valence-electron chi connectivity index (χ2n) is 12.0. The van der Waals surface area contributed by atoms with Crippen molar-refractivity contribution in [2.75, 3.05) is 19.6 Å². The molecule has 8 nitrogen and oxygen atoms in total. The molecule has 1 aromatic carbocycles. The molecule has 0 bridgehead atoms. The maximum atomic E-state index is 15.0. The lowest BCUT2D eigenvalue weighted by atomic mass is 10.0. The average Bonchev–Trinajstić information content (AvgIpc) is 3.56. The molecule has 0 aromatic heterocycles. The van der Waals surface area contributed by atoms with Crippen LogP contribution < -0.4 is 0 Å². The van der Waals surface area contributed by atoms with Gasteiger partial charge in [-0.3, -0.25) is 19.5 Å². The Bertz CT molecular complexity index is 1440. The first-order valence-electron chi connectivity index (χ1n) is 14.9. The molecule has 0 radical (unpaired) electrons. The number of piperidine rings is 1. The fourth-order valence-corrected chi connectivity index (χ4v) is 6.32. The minimum absolute atomic E-state index is 0.0543. The van der Waals surface area contributed by atoms with E-state index in [1.165, 1.54) is 18.2 Å². The maximum absolute atomic E-state index is 15.0. The molecule has 43 heavy (non-hydrogen) atoms. The number of rotatable bonds is 8. The van der Waals surface area contributed by atoms with Crippen molar-refractivity contribution in [2.45, 2.75) is 77.8 Å². The van der Waals surface area contributed by atoms with E-state index in [0.717, 1.165) is 25.3 Å². The predicted molar refractivity (Wildman–Crippen MR) is 160 cm³/mol. The van der Waals surface area contributed by atoms with Gasteiger partial charge in [0.25, 0.3) is 11.8 Å². The minimum atomic E-state index is -0.905. The zero-order chi connectivity index (χ0) is 31.2. The van der Waals surface area contributed by atoms with E-state index in [1.54, 1.807) is 14.7 Å². The summed E-state index contributed by atoms with van der Waals surface area (Å²) in [6.45, 7) is 16.8. The lowest BCUT2D eigenvalue weighted by Gasteiger charge is -2.44. The number of carbonyl (C=O) groups is 2. The highest BCUT2D eigenvalue weighted by atomic mass is 19.1. The van der Waals surface area contributed by atoms with Crippen molar-refractivity contribution in [1.29, 1.82) is 0 Å². The van der Waals surface area contributed by atoms with Crippen LogP contribution in [0.15, 0.2) is 64.4 Å². The van der Waals surface area contributed by atoms with Crippen molar-refractivity contribution in [1.82, 2.24) is 19.6 Å². The molecular weight excluding hydrogens is 557 g/mol. The van der Waals surface area contributed by atoms with Gasteiger partial charge in [0.2, 0.25) is 5.96 Å². The Hall–Kier alpha value is -3.89. The molecular formula is C32H39F3N6O2. The van der Waals surface area contributed by atoms with E-state index in [4.69, 9.17) is 9.98 Å². The minimum Gasteiger partial charge on any atom is -0.336 e. The second kappa shape index (κ2) is 12.0. The molecule has 4 heterocycles. The number of amidine groups is 1. The zero-order valence-electron chi connectivity index (χ0n) is 25.2. The second-order valence-corrected chi connectivity index (χ2v) is 12.0. The largest absolute Gasteiger partial charge is 0.336 e. The van der Waals surface area contributed by atoms with Crippen LogP contribution in [-0.2, 0) is 16.1 Å². The molecule has 2 saturated heterocycles. The number of amides is 2. The number of benzene rings is 1. The van der Waals surface area contributed by atoms with Crippen molar-refractivity contribution in [2.24, 2.45) is 15.9 Å². The standard InChI is InChI=1S/C32H39F3N6O2/c1-7-38-31(43)27-29(41-17-26(18(2)3)36-32(38)41)40(16-22-11-12-23(34)15-25(22)35)28(37-27)19(4)14-24(21(6)33)30(42)39-13-9-8-10-20(39)5/h11-12,14-15,18,20,26-27,29H,4,6-10,13,16-17H2,1-3,5H3/b24-14+. The Kier molecular flexibility index (Phi) is 8.54. The zero-order valence-corrected chi connectivity index (χ0v) is 25.2. The summed E-state index contributed by atoms with van der Waals surface area (Å²) in [5, 5.41) is 0. The van der Waals surface area contributed by atoms with Crippen molar-refractivity contribution in [3.63, 3.8) is 0 Å². The van der Waals surface area contributed by atoms with Crippen molar-refractivity contribution in [3.8, 4) is 0 Å². The first kappa shape index (κ1) is 30.6. The molecule has 2 amide bonds. The summed E-state index contributed by atoms with van der Waals surface area (Å²) in [5.41, 5.74) is 0.120. The average molecular weight is 597 g/mol. The molecule has 1 aromatic rings. The molecule has 4 unspecified atom stereocenters. The summed E-state index contributed by atoms with van der Waals surface area (Å²) in [5.74, 6) is -2.17. The highest BCUT2D eigenvalue weighted by molar-refractivity contribution is 6.10. The van der Waals surface area contributed by atoms with Gasteiger partial charge in [-0.15, -0.1) is 0 Å². The molecule has 0 saturated carbocycles. The molecule has 4 atom stereocenters. The summed E-state index contributed by atoms with van der Waals surface area (Å²) in [6.07, 6.45) is 3.28. The SMILES string of the molecule is C=C(/C=C(\C(=C)F)C(=O)N1CCCCC1C)C1=NC2C(=O)N(CC)C3=NC(C(C)C)CN3C2N1Cc1ccc(F)cc1F. The van der Waals surface area contributed by atoms with Crippen LogP contribution in [0.2, 0.25) is 0 Å². The fourth-order valence-electron chi connectivity index (χ4n) is 6.32. The first-order valence-corrected chi connectivity index (χ1v) is 14.9. The number of guanidine groups is 1. The van der Waals surface area contributed by atoms with Gasteiger partial charge in [0.05, 0.1) is 11.6 Å². The number of fused-ring (bicyclic) bond motifs is 3. The van der Waals surface area contributed by atoms with Gasteiger partial charge in [0.1, 0.15) is 29.5 Å². The molecule has 5 rings (SSSR count). The van der Waals surface area contributed by atoms with Gasteiger partial charge in [0.15, 0.2) is 6.04 Å². The molecule has 0 aliphatic carbocycles. The smallest absolute Gasteiger partial charge is 0.258 e. The lowest BCUT2D eigenvalue weighted by molar-refractivity contribution is -0.133. The topological polar surface area (TPSA) is 71.8 Å². The number of carbonyl (C=O) groups excluding carboxylic acids is 2. The van der Waals surface area contributed by atoms with Gasteiger partial charge < -0.3 is 14.7 Å². The predicted octanol–water partition coefficient (Wildman–Crippen LogP) is 4.80. The lowest BCUT2D eigenvalue weighted by Crippen LogP contribution is -2.65. The Morgan fingerprint density at radius 3 is 2.56 bits per heavy atom. The van der Waals surface area contributed by atoms with Crippen LogP contribution in [0.4, 0.5) is 13.2 Å². The van der Waals surface area contributed by atoms with Crippen LogP contribution in [0.3, 0.4) is 0 Å². The number of likely N-dealkylation sites (N-methyl/N-ethyl adjacent to an activating group) is 1. The Morgan fingerprint density at radius 1 is 1.19 bits per heavy atom. The van der Waals surface area contributed by atoms with Gasteiger partial charge in [-0.1, -0.05) is 33.1 Å². The van der Waals surface area contributed by atoms with Crippen LogP contribution in [0, 0.1) is 17.6 Å². The summed E-state index contributed by atoms with van der Waals surface area (Å²) in [6, 6.07) is 2.30. The quantitative estimate of drug-likeness (QED) is 0.320. The Balaban J connectivity index is 1.56. The molecule has 230 valence electrons. The number of likely N-dealkylation sites (tertiary alicyclic amines) is 1. The van der Waals surface area contributed by atoms with Crippen molar-refractivity contribution < 1.29 is 22.8 Å².